The van der Waals surface area contributed by atoms with Crippen LogP contribution in [0, 0.1) is 0 Å². The molecule has 0 atom stereocenters. The Kier molecular flexibility index (Phi) is 1.35. The summed E-state index contributed by atoms with van der Waals surface area (Å²) in [5, 5.41) is 16.7. The Morgan fingerprint density at radius 1 is 1.45 bits per heavy atom. The van der Waals surface area contributed by atoms with Gasteiger partial charge >= 0.3 is 0 Å². The third-order valence-electron chi connectivity index (χ3n) is 1.54. The van der Waals surface area contributed by atoms with Gasteiger partial charge in [0.2, 0.25) is 0 Å². The summed E-state index contributed by atoms with van der Waals surface area (Å²) >= 11 is 3.34. The molecule has 0 unspecified atom stereocenters. The van der Waals surface area contributed by atoms with Crippen LogP contribution in [-0.2, 0) is 0 Å². The summed E-state index contributed by atoms with van der Waals surface area (Å²) in [6, 6.07) is 3.40. The predicted molar refractivity (Wildman–Crippen MR) is 45.5 cm³/mol. The zero-order valence-corrected chi connectivity index (χ0v) is 7.09. The molecule has 0 spiro atoms. The van der Waals surface area contributed by atoms with Crippen LogP contribution in [0.25, 0.3) is 10.9 Å². The van der Waals surface area contributed by atoms with E-state index in [0.717, 1.165) is 9.86 Å². The number of phenols is 1. The van der Waals surface area contributed by atoms with E-state index in [4.69, 9.17) is 0 Å². The van der Waals surface area contributed by atoms with E-state index in [0.29, 0.717) is 5.52 Å². The van der Waals surface area contributed by atoms with E-state index in [-0.39, 0.29) is 5.75 Å². The molecule has 0 aliphatic rings. The summed E-state index contributed by atoms with van der Waals surface area (Å²) in [5.74, 6) is 0.223. The second-order valence-electron chi connectivity index (χ2n) is 2.23. The highest BCUT2D eigenvalue weighted by atomic mass is 79.9. The van der Waals surface area contributed by atoms with Gasteiger partial charge in [-0.25, -0.2) is 0 Å². The van der Waals surface area contributed by atoms with Crippen LogP contribution in [0.4, 0.5) is 0 Å². The first kappa shape index (κ1) is 6.67. The van der Waals surface area contributed by atoms with Gasteiger partial charge in [-0.15, -0.1) is 0 Å². The Balaban J connectivity index is 2.96. The zero-order chi connectivity index (χ0) is 7.84. The topological polar surface area (TPSA) is 48.9 Å². The number of benzene rings is 1. The smallest absolute Gasteiger partial charge is 0.141 e. The number of H-pyrrole nitrogens is 1. The number of nitrogens with zero attached hydrogens (tertiary/aromatic N) is 1. The van der Waals surface area contributed by atoms with Gasteiger partial charge in [0.1, 0.15) is 11.3 Å². The standard InChI is InChI=1S/C7H5BrN2O/c8-5-1-2-6(11)7-4(5)3-9-10-7/h1-3,11H,(H,9,10). The molecule has 4 heteroatoms. The number of aromatic hydroxyl groups is 1. The quantitative estimate of drug-likeness (QED) is 0.703. The van der Waals surface area contributed by atoms with Gasteiger partial charge in [-0.2, -0.15) is 5.10 Å². The molecule has 0 radical (unpaired) electrons. The van der Waals surface area contributed by atoms with Gasteiger partial charge in [0, 0.05) is 9.86 Å². The van der Waals surface area contributed by atoms with Gasteiger partial charge in [-0.3, -0.25) is 5.10 Å². The van der Waals surface area contributed by atoms with Crippen molar-refractivity contribution in [2.75, 3.05) is 0 Å². The van der Waals surface area contributed by atoms with E-state index in [1.54, 1.807) is 18.3 Å². The van der Waals surface area contributed by atoms with E-state index < -0.39 is 0 Å². The van der Waals surface area contributed by atoms with E-state index in [9.17, 15) is 5.11 Å². The van der Waals surface area contributed by atoms with Crippen molar-refractivity contribution in [2.24, 2.45) is 0 Å². The molecule has 0 bridgehead atoms. The number of fused-ring (bicyclic) bond motifs is 1. The molecular weight excluding hydrogens is 208 g/mol. The fourth-order valence-electron chi connectivity index (χ4n) is 0.988. The number of aromatic amines is 1. The maximum atomic E-state index is 9.29. The fourth-order valence-corrected chi connectivity index (χ4v) is 1.42. The molecule has 1 aromatic carbocycles. The maximum Gasteiger partial charge on any atom is 0.141 e. The highest BCUT2D eigenvalue weighted by Crippen LogP contribution is 2.28. The van der Waals surface area contributed by atoms with Crippen molar-refractivity contribution in [1.29, 1.82) is 0 Å². The average molecular weight is 213 g/mol. The summed E-state index contributed by atoms with van der Waals surface area (Å²) in [7, 11) is 0. The third-order valence-corrected chi connectivity index (χ3v) is 2.23. The SMILES string of the molecule is Oc1ccc(Br)c2cn[nH]c12. The lowest BCUT2D eigenvalue weighted by atomic mass is 10.2. The molecule has 1 aromatic heterocycles. The molecule has 1 heterocycles. The summed E-state index contributed by atoms with van der Waals surface area (Å²) in [4.78, 5) is 0. The average Bonchev–Trinajstić information content (AvgIpc) is 2.45. The van der Waals surface area contributed by atoms with E-state index in [1.807, 2.05) is 0 Å². The van der Waals surface area contributed by atoms with Crippen molar-refractivity contribution < 1.29 is 5.11 Å². The Morgan fingerprint density at radius 3 is 3.00 bits per heavy atom. The molecule has 11 heavy (non-hydrogen) atoms. The third kappa shape index (κ3) is 0.903. The number of rotatable bonds is 0. The highest BCUT2D eigenvalue weighted by Gasteiger charge is 2.03. The first-order valence-electron chi connectivity index (χ1n) is 3.09. The molecule has 2 rings (SSSR count). The van der Waals surface area contributed by atoms with E-state index >= 15 is 0 Å². The maximum absolute atomic E-state index is 9.29. The molecule has 0 saturated carbocycles. The zero-order valence-electron chi connectivity index (χ0n) is 5.50. The van der Waals surface area contributed by atoms with Crippen molar-refractivity contribution in [2.45, 2.75) is 0 Å². The monoisotopic (exact) mass is 212 g/mol. The molecule has 0 saturated heterocycles. The minimum absolute atomic E-state index is 0.223. The molecule has 0 fully saturated rings. The van der Waals surface area contributed by atoms with E-state index in [1.165, 1.54) is 0 Å². The van der Waals surface area contributed by atoms with Gasteiger partial charge in [0.25, 0.3) is 0 Å². The number of phenolic OH excluding ortho intramolecular Hbond substituents is 1. The summed E-state index contributed by atoms with van der Waals surface area (Å²) in [5.41, 5.74) is 0.666. The van der Waals surface area contributed by atoms with Crippen molar-refractivity contribution >= 4 is 26.8 Å². The fraction of sp³-hybridized carbons (Fsp3) is 0. The Morgan fingerprint density at radius 2 is 2.27 bits per heavy atom. The summed E-state index contributed by atoms with van der Waals surface area (Å²) < 4.78 is 0.930. The Hall–Kier alpha value is -1.03. The minimum Gasteiger partial charge on any atom is -0.506 e. The summed E-state index contributed by atoms with van der Waals surface area (Å²) in [6.07, 6.45) is 1.67. The molecule has 2 aromatic rings. The van der Waals surface area contributed by atoms with Crippen LogP contribution in [0.15, 0.2) is 22.8 Å². The first-order valence-corrected chi connectivity index (χ1v) is 3.89. The molecule has 0 aliphatic carbocycles. The number of hydrogen-bond acceptors (Lipinski definition) is 2. The second kappa shape index (κ2) is 2.23. The Bertz CT molecular complexity index is 360. The molecular formula is C7H5BrN2O. The lowest BCUT2D eigenvalue weighted by Crippen LogP contribution is -1.71. The van der Waals surface area contributed by atoms with Crippen LogP contribution in [-0.4, -0.2) is 15.3 Å². The number of hydrogen-bond donors (Lipinski definition) is 2. The normalized spacial score (nSPS) is 10.6. The van der Waals surface area contributed by atoms with E-state index in [2.05, 4.69) is 26.1 Å². The molecule has 0 amide bonds. The van der Waals surface area contributed by atoms with Crippen LogP contribution in [0.2, 0.25) is 0 Å². The van der Waals surface area contributed by atoms with Crippen molar-refractivity contribution in [1.82, 2.24) is 10.2 Å². The number of aromatic nitrogens is 2. The molecule has 3 nitrogen and oxygen atoms in total. The van der Waals surface area contributed by atoms with Crippen LogP contribution in [0.3, 0.4) is 0 Å². The lowest BCUT2D eigenvalue weighted by molar-refractivity contribution is 0.480. The van der Waals surface area contributed by atoms with Gasteiger partial charge in [0.15, 0.2) is 0 Å². The minimum atomic E-state index is 0.223. The van der Waals surface area contributed by atoms with Crippen LogP contribution >= 0.6 is 15.9 Å². The predicted octanol–water partition coefficient (Wildman–Crippen LogP) is 2.03. The summed E-state index contributed by atoms with van der Waals surface area (Å²) in [6.45, 7) is 0. The van der Waals surface area contributed by atoms with Crippen LogP contribution in [0.5, 0.6) is 5.75 Å². The van der Waals surface area contributed by atoms with Crippen molar-refractivity contribution in [3.8, 4) is 5.75 Å². The van der Waals surface area contributed by atoms with Crippen molar-refractivity contribution in [3.63, 3.8) is 0 Å². The van der Waals surface area contributed by atoms with Gasteiger partial charge < -0.3 is 5.11 Å². The number of halogens is 1. The lowest BCUT2D eigenvalue weighted by Gasteiger charge is -1.94. The molecule has 56 valence electrons. The molecule has 2 N–H and O–H groups in total. The van der Waals surface area contributed by atoms with Crippen molar-refractivity contribution in [3.05, 3.63) is 22.8 Å². The van der Waals surface area contributed by atoms with Gasteiger partial charge in [-0.05, 0) is 12.1 Å². The van der Waals surface area contributed by atoms with Crippen LogP contribution < -0.4 is 0 Å². The molecule has 0 aliphatic heterocycles. The first-order chi connectivity index (χ1) is 5.29. The van der Waals surface area contributed by atoms with Gasteiger partial charge in [-0.1, -0.05) is 15.9 Å². The van der Waals surface area contributed by atoms with Gasteiger partial charge in [0.05, 0.1) is 6.20 Å². The highest BCUT2D eigenvalue weighted by molar-refractivity contribution is 9.10. The van der Waals surface area contributed by atoms with Crippen LogP contribution in [0.1, 0.15) is 0 Å². The number of nitrogens with one attached hydrogen (secondary N) is 1. The Labute approximate surface area is 71.2 Å². The largest absolute Gasteiger partial charge is 0.506 e. The second-order valence-corrected chi connectivity index (χ2v) is 3.08.